The summed E-state index contributed by atoms with van der Waals surface area (Å²) in [4.78, 5) is 24.2. The topological polar surface area (TPSA) is 118 Å². The fraction of sp³-hybridized carbons (Fsp3) is 0.346. The van der Waals surface area contributed by atoms with Crippen LogP contribution in [0.15, 0.2) is 53.6 Å². The van der Waals surface area contributed by atoms with Gasteiger partial charge in [0.05, 0.1) is 11.3 Å². The van der Waals surface area contributed by atoms with Gasteiger partial charge in [-0.2, -0.15) is 8.42 Å². The molecule has 8 nitrogen and oxygen atoms in total. The maximum absolute atomic E-state index is 13.3. The number of pyridine rings is 2. The lowest BCUT2D eigenvalue weighted by molar-refractivity contribution is 0.0981. The van der Waals surface area contributed by atoms with Crippen LogP contribution in [0.1, 0.15) is 48.7 Å². The average Bonchev–Trinajstić information content (AvgIpc) is 3.04. The summed E-state index contributed by atoms with van der Waals surface area (Å²) in [6.45, 7) is 11.1. The number of amides is 1. The number of hydrogen-bond donors (Lipinski definition) is 2. The average molecular weight is 494 g/mol. The molecule has 1 fully saturated rings. The monoisotopic (exact) mass is 493 g/mol. The third-order valence-electron chi connectivity index (χ3n) is 6.21. The zero-order valence-corrected chi connectivity index (χ0v) is 21.5. The highest BCUT2D eigenvalue weighted by Gasteiger charge is 2.39. The van der Waals surface area contributed by atoms with Crippen molar-refractivity contribution in [2.24, 2.45) is 5.92 Å². The molecule has 1 aliphatic rings. The van der Waals surface area contributed by atoms with E-state index in [1.165, 1.54) is 18.2 Å². The number of nitrogens with two attached hydrogens (primary N) is 1. The molecule has 0 radical (unpaired) electrons. The molecule has 2 aromatic heterocycles. The number of sulfonamides is 1. The number of rotatable bonds is 5. The van der Waals surface area contributed by atoms with Gasteiger partial charge in [0.1, 0.15) is 11.6 Å². The first-order valence-electron chi connectivity index (χ1n) is 11.5. The van der Waals surface area contributed by atoms with Gasteiger partial charge in [0.25, 0.3) is 15.9 Å². The Bertz CT molecular complexity index is 1380. The molecule has 0 aliphatic carbocycles. The number of nitrogens with one attached hydrogen (secondary N) is 1. The Morgan fingerprint density at radius 2 is 1.77 bits per heavy atom. The molecule has 0 unspecified atom stereocenters. The Balaban J connectivity index is 1.79. The maximum atomic E-state index is 13.3. The smallest absolute Gasteiger partial charge is 0.281 e. The quantitative estimate of drug-likeness (QED) is 0.550. The molecule has 4 rings (SSSR count). The van der Waals surface area contributed by atoms with E-state index in [0.29, 0.717) is 18.3 Å². The standard InChI is InChI=1S/C26H31N5O3S/c1-16-11-17(2)13-19(12-16)21-10-9-20(24(28-21)31-15-18(3)14-26(31,4)5)25(32)30-35(33,34)23-8-6-7-22(27)29-23/h6-13,18H,14-15H2,1-5H3,(H2,27,29)(H,30,32)/t18-/m0/s1. The van der Waals surface area contributed by atoms with E-state index in [2.05, 4.69) is 41.4 Å². The molecule has 1 aromatic carbocycles. The number of aromatic nitrogens is 2. The van der Waals surface area contributed by atoms with Crippen LogP contribution in [0.4, 0.5) is 11.6 Å². The lowest BCUT2D eigenvalue weighted by Crippen LogP contribution is -2.41. The van der Waals surface area contributed by atoms with Crippen molar-refractivity contribution in [3.8, 4) is 11.3 Å². The predicted octanol–water partition coefficient (Wildman–Crippen LogP) is 4.09. The van der Waals surface area contributed by atoms with Gasteiger partial charge in [0.15, 0.2) is 5.03 Å². The van der Waals surface area contributed by atoms with E-state index >= 15 is 0 Å². The Hall–Kier alpha value is -3.46. The molecule has 0 saturated carbocycles. The number of nitrogens with zero attached hydrogens (tertiary/aromatic N) is 3. The molecule has 0 spiro atoms. The molecule has 3 N–H and O–H groups in total. The summed E-state index contributed by atoms with van der Waals surface area (Å²) in [5.41, 5.74) is 9.46. The summed E-state index contributed by atoms with van der Waals surface area (Å²) in [6, 6.07) is 13.8. The highest BCUT2D eigenvalue weighted by Crippen LogP contribution is 2.38. The SMILES string of the molecule is Cc1cc(C)cc(-c2ccc(C(=O)NS(=O)(=O)c3cccc(N)n3)c(N3C[C@@H](C)CC3(C)C)n2)c1. The second-order valence-electron chi connectivity index (χ2n) is 10.0. The van der Waals surface area contributed by atoms with Gasteiger partial charge in [-0.05, 0) is 76.4 Å². The van der Waals surface area contributed by atoms with E-state index in [1.807, 2.05) is 26.0 Å². The van der Waals surface area contributed by atoms with Crippen LogP contribution in [0.3, 0.4) is 0 Å². The zero-order chi connectivity index (χ0) is 25.5. The van der Waals surface area contributed by atoms with E-state index < -0.39 is 15.9 Å². The highest BCUT2D eigenvalue weighted by molar-refractivity contribution is 7.90. The molecular weight excluding hydrogens is 462 g/mol. The fourth-order valence-electron chi connectivity index (χ4n) is 4.88. The van der Waals surface area contributed by atoms with Crippen molar-refractivity contribution in [3.63, 3.8) is 0 Å². The Morgan fingerprint density at radius 1 is 1.09 bits per heavy atom. The third-order valence-corrected chi connectivity index (χ3v) is 7.45. The van der Waals surface area contributed by atoms with E-state index in [4.69, 9.17) is 10.7 Å². The summed E-state index contributed by atoms with van der Waals surface area (Å²) < 4.78 is 27.9. The van der Waals surface area contributed by atoms with Crippen molar-refractivity contribution in [1.82, 2.24) is 14.7 Å². The van der Waals surface area contributed by atoms with Gasteiger partial charge in [-0.25, -0.2) is 14.7 Å². The number of carbonyl (C=O) groups excluding carboxylic acids is 1. The highest BCUT2D eigenvalue weighted by atomic mass is 32.2. The molecule has 1 atom stereocenters. The molecule has 1 saturated heterocycles. The predicted molar refractivity (Wildman–Crippen MR) is 138 cm³/mol. The molecule has 1 amide bonds. The Kier molecular flexibility index (Phi) is 6.31. The van der Waals surface area contributed by atoms with Gasteiger partial charge in [-0.3, -0.25) is 4.79 Å². The van der Waals surface area contributed by atoms with Crippen LogP contribution in [0.2, 0.25) is 0 Å². The molecule has 1 aliphatic heterocycles. The Labute approximate surface area is 206 Å². The second kappa shape index (κ2) is 8.96. The van der Waals surface area contributed by atoms with Crippen molar-refractivity contribution in [1.29, 1.82) is 0 Å². The fourth-order valence-corrected chi connectivity index (χ4v) is 5.83. The van der Waals surface area contributed by atoms with Crippen molar-refractivity contribution in [2.45, 2.75) is 51.6 Å². The van der Waals surface area contributed by atoms with Crippen molar-refractivity contribution in [2.75, 3.05) is 17.2 Å². The van der Waals surface area contributed by atoms with Gasteiger partial charge in [-0.1, -0.05) is 30.2 Å². The lowest BCUT2D eigenvalue weighted by atomic mass is 9.97. The number of carbonyl (C=O) groups is 1. The summed E-state index contributed by atoms with van der Waals surface area (Å²) in [7, 11) is -4.22. The molecule has 3 heterocycles. The van der Waals surface area contributed by atoms with Crippen molar-refractivity contribution >= 4 is 27.6 Å². The van der Waals surface area contributed by atoms with Crippen LogP contribution < -0.4 is 15.4 Å². The van der Waals surface area contributed by atoms with Gasteiger partial charge in [0, 0.05) is 17.6 Å². The summed E-state index contributed by atoms with van der Waals surface area (Å²) in [5, 5.41) is -0.317. The van der Waals surface area contributed by atoms with Gasteiger partial charge < -0.3 is 10.6 Å². The molecule has 3 aromatic rings. The molecule has 0 bridgehead atoms. The van der Waals surface area contributed by atoms with Gasteiger partial charge >= 0.3 is 0 Å². The molecular formula is C26H31N5O3S. The number of benzene rings is 1. The summed E-state index contributed by atoms with van der Waals surface area (Å²) in [5.74, 6) is 0.143. The maximum Gasteiger partial charge on any atom is 0.281 e. The van der Waals surface area contributed by atoms with Crippen LogP contribution >= 0.6 is 0 Å². The summed E-state index contributed by atoms with van der Waals surface area (Å²) in [6.07, 6.45) is 0.926. The van der Waals surface area contributed by atoms with E-state index in [9.17, 15) is 13.2 Å². The van der Waals surface area contributed by atoms with Gasteiger partial charge in [0.2, 0.25) is 0 Å². The number of aryl methyl sites for hydroxylation is 2. The number of anilines is 2. The minimum Gasteiger partial charge on any atom is -0.384 e. The van der Waals surface area contributed by atoms with Crippen LogP contribution in [0.25, 0.3) is 11.3 Å². The largest absolute Gasteiger partial charge is 0.384 e. The van der Waals surface area contributed by atoms with Crippen LogP contribution in [-0.4, -0.2) is 36.4 Å². The van der Waals surface area contributed by atoms with E-state index in [-0.39, 0.29) is 21.9 Å². The first kappa shape index (κ1) is 24.7. The summed E-state index contributed by atoms with van der Waals surface area (Å²) >= 11 is 0. The van der Waals surface area contributed by atoms with Crippen LogP contribution in [-0.2, 0) is 10.0 Å². The number of nitrogen functional groups attached to an aromatic ring is 1. The Morgan fingerprint density at radius 3 is 2.37 bits per heavy atom. The lowest BCUT2D eigenvalue weighted by Gasteiger charge is -2.34. The van der Waals surface area contributed by atoms with E-state index in [0.717, 1.165) is 28.8 Å². The zero-order valence-electron chi connectivity index (χ0n) is 20.7. The third kappa shape index (κ3) is 5.14. The normalized spacial score (nSPS) is 17.4. The number of hydrogen-bond acceptors (Lipinski definition) is 7. The minimum absolute atomic E-state index is 0.0493. The first-order valence-corrected chi connectivity index (χ1v) is 13.0. The molecule has 35 heavy (non-hydrogen) atoms. The molecule has 184 valence electrons. The van der Waals surface area contributed by atoms with Crippen LogP contribution in [0, 0.1) is 19.8 Å². The van der Waals surface area contributed by atoms with Crippen molar-refractivity contribution < 1.29 is 13.2 Å². The van der Waals surface area contributed by atoms with Gasteiger partial charge in [-0.15, -0.1) is 0 Å². The minimum atomic E-state index is -4.22. The van der Waals surface area contributed by atoms with Crippen molar-refractivity contribution in [3.05, 3.63) is 65.2 Å². The van der Waals surface area contributed by atoms with Crippen LogP contribution in [0.5, 0.6) is 0 Å². The molecule has 9 heteroatoms. The first-order chi connectivity index (χ1) is 16.4. The van der Waals surface area contributed by atoms with E-state index in [1.54, 1.807) is 12.1 Å². The second-order valence-corrected chi connectivity index (χ2v) is 11.6.